The van der Waals surface area contributed by atoms with Gasteiger partial charge in [-0.1, -0.05) is 12.1 Å². The standard InChI is InChI=1S/C13H14ClF3O2/c14-8-12(5-6-18-9-12)7-10-1-3-11(4-2-10)19-13(15,16)17/h1-4H,5-9H2. The van der Waals surface area contributed by atoms with Crippen LogP contribution in [0.4, 0.5) is 13.2 Å². The van der Waals surface area contributed by atoms with Gasteiger partial charge in [-0.2, -0.15) is 0 Å². The van der Waals surface area contributed by atoms with E-state index in [0.29, 0.717) is 25.5 Å². The van der Waals surface area contributed by atoms with E-state index < -0.39 is 6.36 Å². The zero-order valence-corrected chi connectivity index (χ0v) is 10.9. The highest BCUT2D eigenvalue weighted by Gasteiger charge is 2.34. The van der Waals surface area contributed by atoms with Crippen molar-refractivity contribution in [2.45, 2.75) is 19.2 Å². The molecule has 0 amide bonds. The van der Waals surface area contributed by atoms with E-state index in [0.717, 1.165) is 12.0 Å². The molecule has 1 aromatic carbocycles. The first-order valence-electron chi connectivity index (χ1n) is 5.91. The maximum Gasteiger partial charge on any atom is 0.573 e. The van der Waals surface area contributed by atoms with E-state index in [1.807, 2.05) is 0 Å². The fraction of sp³-hybridized carbons (Fsp3) is 0.538. The molecule has 1 aliphatic rings. The maximum absolute atomic E-state index is 12.0. The minimum Gasteiger partial charge on any atom is -0.406 e. The maximum atomic E-state index is 12.0. The van der Waals surface area contributed by atoms with E-state index in [1.54, 1.807) is 12.1 Å². The first-order chi connectivity index (χ1) is 8.92. The van der Waals surface area contributed by atoms with Crippen molar-refractivity contribution in [3.8, 4) is 5.75 Å². The van der Waals surface area contributed by atoms with Crippen LogP contribution in [0.15, 0.2) is 24.3 Å². The van der Waals surface area contributed by atoms with Crippen LogP contribution in [0.1, 0.15) is 12.0 Å². The van der Waals surface area contributed by atoms with Gasteiger partial charge in [-0.3, -0.25) is 0 Å². The molecule has 6 heteroatoms. The molecule has 19 heavy (non-hydrogen) atoms. The molecule has 106 valence electrons. The van der Waals surface area contributed by atoms with E-state index in [9.17, 15) is 13.2 Å². The van der Waals surface area contributed by atoms with Gasteiger partial charge >= 0.3 is 6.36 Å². The SMILES string of the molecule is FC(F)(F)Oc1ccc(CC2(CCl)CCOC2)cc1. The molecule has 1 heterocycles. The van der Waals surface area contributed by atoms with Gasteiger partial charge < -0.3 is 9.47 Å². The molecule has 0 aromatic heterocycles. The van der Waals surface area contributed by atoms with Crippen molar-refractivity contribution in [3.63, 3.8) is 0 Å². The molecule has 1 unspecified atom stereocenters. The second-order valence-corrected chi connectivity index (χ2v) is 5.07. The molecule has 1 saturated heterocycles. The van der Waals surface area contributed by atoms with Crippen LogP contribution in [-0.4, -0.2) is 25.5 Å². The van der Waals surface area contributed by atoms with Gasteiger partial charge in [-0.05, 0) is 30.5 Å². The van der Waals surface area contributed by atoms with Gasteiger partial charge in [0.1, 0.15) is 5.75 Å². The van der Waals surface area contributed by atoms with Crippen LogP contribution >= 0.6 is 11.6 Å². The van der Waals surface area contributed by atoms with Crippen LogP contribution in [0.2, 0.25) is 0 Å². The summed E-state index contributed by atoms with van der Waals surface area (Å²) in [6, 6.07) is 5.91. The molecule has 0 bridgehead atoms. The molecule has 1 aromatic rings. The van der Waals surface area contributed by atoms with Gasteiger partial charge in [0.05, 0.1) is 6.61 Å². The van der Waals surface area contributed by atoms with Crippen LogP contribution < -0.4 is 4.74 Å². The Bertz CT molecular complexity index is 411. The summed E-state index contributed by atoms with van der Waals surface area (Å²) in [7, 11) is 0. The average molecular weight is 295 g/mol. The van der Waals surface area contributed by atoms with E-state index >= 15 is 0 Å². The monoisotopic (exact) mass is 294 g/mol. The summed E-state index contributed by atoms with van der Waals surface area (Å²) in [5, 5.41) is 0. The Labute approximate surface area is 114 Å². The highest BCUT2D eigenvalue weighted by Crippen LogP contribution is 2.34. The normalized spacial score (nSPS) is 23.6. The van der Waals surface area contributed by atoms with E-state index in [4.69, 9.17) is 16.3 Å². The number of ether oxygens (including phenoxy) is 2. The van der Waals surface area contributed by atoms with E-state index in [-0.39, 0.29) is 11.2 Å². The van der Waals surface area contributed by atoms with Gasteiger partial charge in [-0.15, -0.1) is 24.8 Å². The summed E-state index contributed by atoms with van der Waals surface area (Å²) in [5.74, 6) is 0.271. The molecule has 0 radical (unpaired) electrons. The van der Waals surface area contributed by atoms with Gasteiger partial charge in [0.15, 0.2) is 0 Å². The Balaban J connectivity index is 2.02. The summed E-state index contributed by atoms with van der Waals surface area (Å²) >= 11 is 5.98. The Morgan fingerprint density at radius 1 is 1.26 bits per heavy atom. The van der Waals surface area contributed by atoms with Gasteiger partial charge in [0, 0.05) is 17.9 Å². The van der Waals surface area contributed by atoms with E-state index in [1.165, 1.54) is 12.1 Å². The summed E-state index contributed by atoms with van der Waals surface area (Å²) in [5.41, 5.74) is 0.828. The molecule has 1 atom stereocenters. The number of hydrogen-bond donors (Lipinski definition) is 0. The van der Waals surface area contributed by atoms with Crippen LogP contribution in [0, 0.1) is 5.41 Å². The Morgan fingerprint density at radius 3 is 2.42 bits per heavy atom. The van der Waals surface area contributed by atoms with Gasteiger partial charge in [0.2, 0.25) is 0 Å². The second kappa shape index (κ2) is 5.59. The van der Waals surface area contributed by atoms with Gasteiger partial charge in [0.25, 0.3) is 0 Å². The van der Waals surface area contributed by atoms with Crippen molar-refractivity contribution in [1.82, 2.24) is 0 Å². The molecule has 2 rings (SSSR count). The molecular formula is C13H14ClF3O2. The smallest absolute Gasteiger partial charge is 0.406 e. The Morgan fingerprint density at radius 2 is 1.95 bits per heavy atom. The largest absolute Gasteiger partial charge is 0.573 e. The fourth-order valence-corrected chi connectivity index (χ4v) is 2.49. The number of benzene rings is 1. The van der Waals surface area contributed by atoms with E-state index in [2.05, 4.69) is 4.74 Å². The van der Waals surface area contributed by atoms with Crippen molar-refractivity contribution in [1.29, 1.82) is 0 Å². The van der Waals surface area contributed by atoms with Crippen LogP contribution in [-0.2, 0) is 11.2 Å². The first kappa shape index (κ1) is 14.5. The Kier molecular flexibility index (Phi) is 4.26. The summed E-state index contributed by atoms with van der Waals surface area (Å²) < 4.78 is 45.3. The van der Waals surface area contributed by atoms with Crippen LogP contribution in [0.3, 0.4) is 0 Å². The second-order valence-electron chi connectivity index (χ2n) is 4.80. The molecule has 0 aliphatic carbocycles. The summed E-state index contributed by atoms with van der Waals surface area (Å²) in [6.45, 7) is 1.28. The molecule has 2 nitrogen and oxygen atoms in total. The predicted octanol–water partition coefficient (Wildman–Crippen LogP) is 3.77. The number of halogens is 4. The highest BCUT2D eigenvalue weighted by atomic mass is 35.5. The molecule has 0 spiro atoms. The van der Waals surface area contributed by atoms with Crippen LogP contribution in [0.5, 0.6) is 5.75 Å². The summed E-state index contributed by atoms with van der Waals surface area (Å²) in [6.07, 6.45) is -3.09. The lowest BCUT2D eigenvalue weighted by Gasteiger charge is -2.24. The number of alkyl halides is 4. The lowest BCUT2D eigenvalue weighted by atomic mass is 9.83. The molecular weight excluding hydrogens is 281 g/mol. The van der Waals surface area contributed by atoms with Crippen LogP contribution in [0.25, 0.3) is 0 Å². The quantitative estimate of drug-likeness (QED) is 0.787. The average Bonchev–Trinajstić information content (AvgIpc) is 2.79. The molecule has 1 aliphatic heterocycles. The third kappa shape index (κ3) is 4.01. The molecule has 0 saturated carbocycles. The zero-order chi connectivity index (χ0) is 13.9. The van der Waals surface area contributed by atoms with Crippen molar-refractivity contribution in [3.05, 3.63) is 29.8 Å². The van der Waals surface area contributed by atoms with Crippen molar-refractivity contribution in [2.75, 3.05) is 19.1 Å². The molecule has 0 N–H and O–H groups in total. The van der Waals surface area contributed by atoms with Crippen molar-refractivity contribution in [2.24, 2.45) is 5.41 Å². The first-order valence-corrected chi connectivity index (χ1v) is 6.44. The zero-order valence-electron chi connectivity index (χ0n) is 10.2. The highest BCUT2D eigenvalue weighted by molar-refractivity contribution is 6.18. The third-order valence-electron chi connectivity index (χ3n) is 3.20. The third-order valence-corrected chi connectivity index (χ3v) is 3.77. The topological polar surface area (TPSA) is 18.5 Å². The lowest BCUT2D eigenvalue weighted by Crippen LogP contribution is -2.26. The Hall–Kier alpha value is -0.940. The number of hydrogen-bond acceptors (Lipinski definition) is 2. The minimum atomic E-state index is -4.65. The fourth-order valence-electron chi connectivity index (χ4n) is 2.18. The molecule has 1 fully saturated rings. The lowest BCUT2D eigenvalue weighted by molar-refractivity contribution is -0.274. The van der Waals surface area contributed by atoms with Gasteiger partial charge in [-0.25, -0.2) is 0 Å². The van der Waals surface area contributed by atoms with Crippen molar-refractivity contribution >= 4 is 11.6 Å². The predicted molar refractivity (Wildman–Crippen MR) is 65.4 cm³/mol. The minimum absolute atomic E-state index is 0.103. The summed E-state index contributed by atoms with van der Waals surface area (Å²) in [4.78, 5) is 0. The number of rotatable bonds is 4. The van der Waals surface area contributed by atoms with Crippen molar-refractivity contribution < 1.29 is 22.6 Å².